The Balaban J connectivity index is 1.95. The lowest BCUT2D eigenvalue weighted by Gasteiger charge is -2.46. The van der Waals surface area contributed by atoms with E-state index in [-0.39, 0.29) is 35.3 Å². The first-order chi connectivity index (χ1) is 19.7. The van der Waals surface area contributed by atoms with E-state index < -0.39 is 81.6 Å². The van der Waals surface area contributed by atoms with Gasteiger partial charge in [-0.3, -0.25) is 9.59 Å². The number of halogens is 3. The van der Waals surface area contributed by atoms with Gasteiger partial charge in [0, 0.05) is 17.5 Å². The zero-order valence-electron chi connectivity index (χ0n) is 24.3. The number of alkyl halides is 3. The third-order valence-corrected chi connectivity index (χ3v) is 9.18. The Kier molecular flexibility index (Phi) is 8.80. The van der Waals surface area contributed by atoms with Crippen molar-refractivity contribution in [2.24, 2.45) is 23.5 Å². The monoisotopic (exact) mass is 593 g/mol. The molecule has 5 unspecified atom stereocenters. The molecule has 230 valence electrons. The Bertz CT molecular complexity index is 1370. The molecular formula is C30H40F3N4O5+. The summed E-state index contributed by atoms with van der Waals surface area (Å²) in [5.74, 6) is -6.26. The summed E-state index contributed by atoms with van der Waals surface area (Å²) in [6, 6.07) is -0.490. The van der Waals surface area contributed by atoms with Gasteiger partial charge in [-0.2, -0.15) is 13.2 Å². The van der Waals surface area contributed by atoms with Gasteiger partial charge in [0.25, 0.3) is 5.91 Å². The fourth-order valence-electron chi connectivity index (χ4n) is 7.54. The molecule has 4 rings (SSSR count). The van der Waals surface area contributed by atoms with Crippen molar-refractivity contribution in [3.63, 3.8) is 0 Å². The Morgan fingerprint density at radius 2 is 1.88 bits per heavy atom. The first-order valence-corrected chi connectivity index (χ1v) is 14.5. The number of nitrogens with one attached hydrogen (secondary N) is 3. The molecule has 1 fully saturated rings. The predicted molar refractivity (Wildman–Crippen MR) is 150 cm³/mol. The minimum Gasteiger partial charge on any atom is -0.507 e. The zero-order chi connectivity index (χ0) is 31.3. The number of allylic oxidation sites excluding steroid dienone is 1. The molecule has 1 amide bonds. The van der Waals surface area contributed by atoms with Crippen LogP contribution >= 0.6 is 0 Å². The molecule has 6 atom stereocenters. The maximum Gasteiger partial charge on any atom is 0.417 e. The summed E-state index contributed by atoms with van der Waals surface area (Å²) in [5.41, 5.74) is 2.69. The molecule has 1 saturated carbocycles. The van der Waals surface area contributed by atoms with Crippen molar-refractivity contribution in [3.8, 4) is 5.75 Å². The van der Waals surface area contributed by atoms with Gasteiger partial charge in [-0.05, 0) is 62.8 Å². The smallest absolute Gasteiger partial charge is 0.417 e. The minimum atomic E-state index is -4.81. The van der Waals surface area contributed by atoms with Crippen molar-refractivity contribution in [2.75, 3.05) is 20.1 Å². The number of aliphatic hydroxyl groups excluding tert-OH is 2. The Morgan fingerprint density at radius 3 is 2.40 bits per heavy atom. The van der Waals surface area contributed by atoms with Gasteiger partial charge in [-0.15, -0.1) is 0 Å². The Labute approximate surface area is 242 Å². The van der Waals surface area contributed by atoms with Crippen LogP contribution in [0.4, 0.5) is 13.2 Å². The average molecular weight is 594 g/mol. The predicted octanol–water partition coefficient (Wildman–Crippen LogP) is 3.13. The van der Waals surface area contributed by atoms with E-state index in [0.29, 0.717) is 32.4 Å². The molecule has 8 N–H and O–H groups in total. The third kappa shape index (κ3) is 4.98. The van der Waals surface area contributed by atoms with Gasteiger partial charge >= 0.3 is 6.18 Å². The number of fused-ring (bicyclic) bond motifs is 3. The topological polar surface area (TPSA) is 161 Å². The van der Waals surface area contributed by atoms with Crippen molar-refractivity contribution >= 4 is 23.2 Å². The van der Waals surface area contributed by atoms with Crippen LogP contribution in [0.2, 0.25) is 0 Å². The zero-order valence-corrected chi connectivity index (χ0v) is 24.3. The summed E-state index contributed by atoms with van der Waals surface area (Å²) >= 11 is 0. The second-order valence-electron chi connectivity index (χ2n) is 11.5. The second-order valence-corrected chi connectivity index (χ2v) is 11.5. The first kappa shape index (κ1) is 31.6. The molecular weight excluding hydrogens is 553 g/mol. The van der Waals surface area contributed by atoms with Crippen LogP contribution < -0.4 is 16.0 Å². The molecule has 12 heteroatoms. The number of ketones is 1. The quantitative estimate of drug-likeness (QED) is 0.233. The Morgan fingerprint density at radius 1 is 1.21 bits per heavy atom. The summed E-state index contributed by atoms with van der Waals surface area (Å²) in [4.78, 5) is 27.3. The number of benzene rings is 1. The number of amides is 1. The summed E-state index contributed by atoms with van der Waals surface area (Å²) in [6.07, 6.45) is -3.33. The number of carbonyl (C=O) groups is 2. The Hall–Kier alpha value is -3.38. The van der Waals surface area contributed by atoms with E-state index in [2.05, 4.69) is 5.32 Å². The van der Waals surface area contributed by atoms with Gasteiger partial charge < -0.3 is 36.7 Å². The van der Waals surface area contributed by atoms with Crippen molar-refractivity contribution in [1.29, 1.82) is 5.41 Å². The number of hydrogen-bond acceptors (Lipinski definition) is 7. The molecule has 0 radical (unpaired) electrons. The average Bonchev–Trinajstić information content (AvgIpc) is 2.89. The summed E-state index contributed by atoms with van der Waals surface area (Å²) in [5, 5.41) is 45.2. The highest BCUT2D eigenvalue weighted by Crippen LogP contribution is 2.53. The molecule has 1 aromatic rings. The second kappa shape index (κ2) is 11.7. The highest BCUT2D eigenvalue weighted by Gasteiger charge is 2.57. The highest BCUT2D eigenvalue weighted by atomic mass is 19.4. The van der Waals surface area contributed by atoms with Crippen LogP contribution in [0.3, 0.4) is 0 Å². The molecule has 0 aromatic heterocycles. The molecule has 0 aliphatic heterocycles. The number of primary amides is 1. The largest absolute Gasteiger partial charge is 0.507 e. The molecule has 0 heterocycles. The number of likely N-dealkylation sites (N-methyl/N-ethyl adjacent to an activating group) is 1. The SMILES string of the molecule is CCCC(NC)c1cc(O)c2c(c1C(F)(F)F)C[C@H]1CC3C(C(=N)C(C(N)=O)=C(O)C3[NH+](CC)CCC)C(=O)C1=C2O. The van der Waals surface area contributed by atoms with Crippen LogP contribution in [0.15, 0.2) is 23.0 Å². The van der Waals surface area contributed by atoms with Crippen LogP contribution in [0.25, 0.3) is 5.76 Å². The maximum absolute atomic E-state index is 14.7. The van der Waals surface area contributed by atoms with E-state index in [1.165, 1.54) is 0 Å². The number of phenols is 1. The molecule has 0 bridgehead atoms. The third-order valence-electron chi connectivity index (χ3n) is 9.18. The highest BCUT2D eigenvalue weighted by molar-refractivity contribution is 6.29. The van der Waals surface area contributed by atoms with Gasteiger partial charge in [-0.25, -0.2) is 0 Å². The van der Waals surface area contributed by atoms with Crippen LogP contribution in [0.1, 0.15) is 74.8 Å². The number of quaternary nitrogens is 1. The molecule has 9 nitrogen and oxygen atoms in total. The van der Waals surface area contributed by atoms with Gasteiger partial charge in [-0.1, -0.05) is 20.3 Å². The number of carbonyl (C=O) groups excluding carboxylic acids is 2. The number of Topliss-reactive ketones (excluding diaryl/α,β-unsaturated/α-hetero) is 1. The lowest BCUT2D eigenvalue weighted by Crippen LogP contribution is -3.17. The minimum absolute atomic E-state index is 0.0817. The standard InChI is InChI=1S/C30H39F3N4O5/c1-5-8-17(36-4)14-12-18(38)20-15(23(14)30(31,32)33)10-13-11-16-21(27(40)19(13)26(20)39)24(34)22(29(35)42)28(41)25(16)37(7-3)9-6-2/h12-13,16-17,21,25,34,36,38-39,41H,5-11H2,1-4H3,(H2,35,42)/p+1/t13-,16?,17?,21?,25?/m0/s1. The van der Waals surface area contributed by atoms with Crippen LogP contribution in [0.5, 0.6) is 5.75 Å². The summed E-state index contributed by atoms with van der Waals surface area (Å²) in [7, 11) is 1.54. The summed E-state index contributed by atoms with van der Waals surface area (Å²) < 4.78 is 44.2. The van der Waals surface area contributed by atoms with Gasteiger partial charge in [0.1, 0.15) is 23.1 Å². The van der Waals surface area contributed by atoms with Crippen molar-refractivity contribution in [1.82, 2.24) is 5.32 Å². The number of aromatic hydroxyl groups is 1. The molecule has 1 aromatic carbocycles. The van der Waals surface area contributed by atoms with Crippen LogP contribution in [-0.2, 0) is 22.2 Å². The van der Waals surface area contributed by atoms with Crippen LogP contribution in [-0.4, -0.2) is 58.9 Å². The number of nitrogens with two attached hydrogens (primary N) is 1. The normalized spacial score (nSPS) is 25.6. The van der Waals surface area contributed by atoms with E-state index in [1.807, 2.05) is 20.8 Å². The molecule has 42 heavy (non-hydrogen) atoms. The van der Waals surface area contributed by atoms with Gasteiger partial charge in [0.2, 0.25) is 0 Å². The lowest BCUT2D eigenvalue weighted by molar-refractivity contribution is -0.924. The number of aliphatic hydroxyl groups is 2. The fourth-order valence-corrected chi connectivity index (χ4v) is 7.54. The first-order valence-electron chi connectivity index (χ1n) is 14.5. The van der Waals surface area contributed by atoms with E-state index in [9.17, 15) is 38.1 Å². The van der Waals surface area contributed by atoms with E-state index >= 15 is 0 Å². The van der Waals surface area contributed by atoms with Gasteiger partial charge in [0.15, 0.2) is 11.5 Å². The molecule has 0 spiro atoms. The van der Waals surface area contributed by atoms with E-state index in [4.69, 9.17) is 11.1 Å². The van der Waals surface area contributed by atoms with Crippen molar-refractivity contribution < 1.29 is 43.0 Å². The number of phenolic OH excluding ortho intramolecular Hbond substituents is 1. The molecule has 3 aliphatic rings. The van der Waals surface area contributed by atoms with E-state index in [0.717, 1.165) is 11.0 Å². The lowest BCUT2D eigenvalue weighted by atomic mass is 9.59. The van der Waals surface area contributed by atoms with Gasteiger partial charge in [0.05, 0.1) is 35.8 Å². The van der Waals surface area contributed by atoms with Crippen molar-refractivity contribution in [2.45, 2.75) is 71.1 Å². The molecule has 3 aliphatic carbocycles. The van der Waals surface area contributed by atoms with E-state index in [1.54, 1.807) is 7.05 Å². The van der Waals surface area contributed by atoms with Crippen LogP contribution in [0, 0.1) is 23.2 Å². The van der Waals surface area contributed by atoms with Crippen molar-refractivity contribution in [3.05, 3.63) is 45.2 Å². The maximum atomic E-state index is 14.7. The number of rotatable bonds is 9. The molecule has 0 saturated heterocycles. The fraction of sp³-hybridized carbons (Fsp3) is 0.567. The summed E-state index contributed by atoms with van der Waals surface area (Å²) in [6.45, 7) is 6.74. The number of hydrogen-bond donors (Lipinski definition) is 7.